The van der Waals surface area contributed by atoms with Crippen molar-refractivity contribution in [2.45, 2.75) is 13.8 Å². The molecule has 1 aliphatic rings. The molecule has 29 heavy (non-hydrogen) atoms. The SMILES string of the molecule is Cc1ccc2c3c(oc2n1)C=CB(c1cc(-c2ccccc2)c(C)c[n+]1C)N3C. The molecule has 5 rings (SSSR count). The number of hydrogen-bond acceptors (Lipinski definition) is 3. The number of pyridine rings is 2. The van der Waals surface area contributed by atoms with Gasteiger partial charge >= 0.3 is 6.85 Å². The molecule has 0 saturated heterocycles. The topological polar surface area (TPSA) is 33.1 Å². The minimum absolute atomic E-state index is 0.109. The normalized spacial score (nSPS) is 13.2. The standard InChI is InChI=1S/C24H23BN3O/c1-16-15-27(3)22(14-20(16)18-8-6-5-7-9-18)25-13-12-21-23(28(25)4)19-11-10-17(2)26-24(19)29-21/h5-15H,1-4H3/q+1. The van der Waals surface area contributed by atoms with E-state index in [1.165, 1.54) is 22.3 Å². The van der Waals surface area contributed by atoms with Crippen LogP contribution in [0.3, 0.4) is 0 Å². The maximum Gasteiger partial charge on any atom is 0.396 e. The molecule has 1 aromatic carbocycles. The highest BCUT2D eigenvalue weighted by Gasteiger charge is 2.35. The van der Waals surface area contributed by atoms with Crippen molar-refractivity contribution in [1.29, 1.82) is 0 Å². The largest absolute Gasteiger partial charge is 0.436 e. The van der Waals surface area contributed by atoms with Crippen molar-refractivity contribution in [2.24, 2.45) is 7.05 Å². The Balaban J connectivity index is 1.63. The van der Waals surface area contributed by atoms with Crippen LogP contribution in [-0.2, 0) is 7.05 Å². The number of fused-ring (bicyclic) bond motifs is 3. The van der Waals surface area contributed by atoms with Gasteiger partial charge in [0.05, 0.1) is 11.1 Å². The number of anilines is 1. The van der Waals surface area contributed by atoms with Crippen molar-refractivity contribution in [3.8, 4) is 11.1 Å². The smallest absolute Gasteiger partial charge is 0.396 e. The van der Waals surface area contributed by atoms with Gasteiger partial charge in [0.15, 0.2) is 17.6 Å². The number of aromatic nitrogens is 2. The average Bonchev–Trinajstić information content (AvgIpc) is 3.08. The second kappa shape index (κ2) is 6.62. The van der Waals surface area contributed by atoms with E-state index in [4.69, 9.17) is 4.42 Å². The van der Waals surface area contributed by atoms with Crippen LogP contribution < -0.4 is 15.0 Å². The van der Waals surface area contributed by atoms with Crippen LogP contribution in [0.15, 0.2) is 65.1 Å². The fourth-order valence-electron chi connectivity index (χ4n) is 4.32. The maximum absolute atomic E-state index is 6.02. The summed E-state index contributed by atoms with van der Waals surface area (Å²) in [5.74, 6) is 3.08. The van der Waals surface area contributed by atoms with Crippen LogP contribution in [0.4, 0.5) is 5.69 Å². The van der Waals surface area contributed by atoms with E-state index in [-0.39, 0.29) is 6.85 Å². The fraction of sp³-hybridized carbons (Fsp3) is 0.167. The van der Waals surface area contributed by atoms with Crippen molar-refractivity contribution in [1.82, 2.24) is 4.98 Å². The molecule has 0 bridgehead atoms. The molecule has 5 heteroatoms. The van der Waals surface area contributed by atoms with Crippen LogP contribution in [0.1, 0.15) is 17.0 Å². The Morgan fingerprint density at radius 3 is 2.66 bits per heavy atom. The molecule has 4 aromatic rings. The molecule has 0 atom stereocenters. The molecule has 4 nitrogen and oxygen atoms in total. The van der Waals surface area contributed by atoms with Gasteiger partial charge in [0.25, 0.3) is 0 Å². The van der Waals surface area contributed by atoms with Gasteiger partial charge in [0.1, 0.15) is 7.05 Å². The van der Waals surface area contributed by atoms with E-state index in [1.54, 1.807) is 0 Å². The molecule has 0 N–H and O–H groups in total. The molecule has 3 aromatic heterocycles. The highest BCUT2D eigenvalue weighted by Crippen LogP contribution is 2.36. The Kier molecular flexibility index (Phi) is 4.05. The predicted molar refractivity (Wildman–Crippen MR) is 119 cm³/mol. The molecule has 4 heterocycles. The molecule has 0 unspecified atom stereocenters. The van der Waals surface area contributed by atoms with E-state index in [0.29, 0.717) is 5.71 Å². The van der Waals surface area contributed by atoms with E-state index < -0.39 is 0 Å². The van der Waals surface area contributed by atoms with Crippen molar-refractivity contribution < 1.29 is 8.98 Å². The Bertz CT molecular complexity index is 1260. The zero-order valence-electron chi connectivity index (χ0n) is 17.2. The zero-order valence-corrected chi connectivity index (χ0v) is 17.2. The van der Waals surface area contributed by atoms with Crippen LogP contribution in [0.5, 0.6) is 0 Å². The molecular formula is C24H23BN3O+. The molecular weight excluding hydrogens is 357 g/mol. The summed E-state index contributed by atoms with van der Waals surface area (Å²) in [7, 11) is 4.25. The van der Waals surface area contributed by atoms with Crippen LogP contribution in [0.2, 0.25) is 0 Å². The van der Waals surface area contributed by atoms with Gasteiger partial charge in [-0.3, -0.25) is 0 Å². The highest BCUT2D eigenvalue weighted by atomic mass is 16.3. The average molecular weight is 380 g/mol. The molecule has 0 spiro atoms. The lowest BCUT2D eigenvalue weighted by molar-refractivity contribution is -0.654. The Labute approximate surface area is 171 Å². The van der Waals surface area contributed by atoms with Gasteiger partial charge < -0.3 is 9.23 Å². The minimum atomic E-state index is 0.109. The van der Waals surface area contributed by atoms with E-state index in [2.05, 4.69) is 96.1 Å². The first kappa shape index (κ1) is 17.7. The van der Waals surface area contributed by atoms with Gasteiger partial charge in [-0.15, -0.1) is 0 Å². The second-order valence-electron chi connectivity index (χ2n) is 7.81. The second-order valence-corrected chi connectivity index (χ2v) is 7.81. The lowest BCUT2D eigenvalue weighted by atomic mass is 9.55. The molecule has 0 amide bonds. The number of rotatable bonds is 2. The van der Waals surface area contributed by atoms with E-state index in [1.807, 2.05) is 13.0 Å². The predicted octanol–water partition coefficient (Wildman–Crippen LogP) is 3.84. The van der Waals surface area contributed by atoms with Crippen molar-refractivity contribution in [2.75, 3.05) is 11.9 Å². The van der Waals surface area contributed by atoms with E-state index in [0.717, 1.165) is 22.5 Å². The first-order valence-electron chi connectivity index (χ1n) is 9.89. The first-order chi connectivity index (χ1) is 14.0. The summed E-state index contributed by atoms with van der Waals surface area (Å²) in [4.78, 5) is 6.85. The summed E-state index contributed by atoms with van der Waals surface area (Å²) in [6.07, 6.45) is 4.30. The van der Waals surface area contributed by atoms with Crippen LogP contribution in [0, 0.1) is 13.8 Å². The van der Waals surface area contributed by atoms with Gasteiger partial charge in [0, 0.05) is 17.3 Å². The maximum atomic E-state index is 6.02. The summed E-state index contributed by atoms with van der Waals surface area (Å²) in [6, 6.07) is 17.0. The Hall–Kier alpha value is -3.34. The number of nitrogens with zero attached hydrogens (tertiary/aromatic N) is 3. The van der Waals surface area contributed by atoms with Gasteiger partial charge in [-0.05, 0) is 50.2 Å². The van der Waals surface area contributed by atoms with Crippen LogP contribution in [-0.4, -0.2) is 18.9 Å². The van der Waals surface area contributed by atoms with E-state index in [9.17, 15) is 0 Å². The monoisotopic (exact) mass is 380 g/mol. The molecule has 0 saturated carbocycles. The van der Waals surface area contributed by atoms with Gasteiger partial charge in [0.2, 0.25) is 5.71 Å². The van der Waals surface area contributed by atoms with Gasteiger partial charge in [-0.1, -0.05) is 36.3 Å². The van der Waals surface area contributed by atoms with Gasteiger partial charge in [-0.2, -0.15) is 0 Å². The van der Waals surface area contributed by atoms with Crippen molar-refractivity contribution >= 4 is 35.3 Å². The molecule has 1 aliphatic heterocycles. The highest BCUT2D eigenvalue weighted by molar-refractivity contribution is 6.81. The Morgan fingerprint density at radius 1 is 1.07 bits per heavy atom. The van der Waals surface area contributed by atoms with E-state index >= 15 is 0 Å². The third-order valence-electron chi connectivity index (χ3n) is 5.79. The summed E-state index contributed by atoms with van der Waals surface area (Å²) in [5, 5.41) is 1.06. The molecule has 0 radical (unpaired) electrons. The molecule has 142 valence electrons. The third-order valence-corrected chi connectivity index (χ3v) is 5.79. The first-order valence-corrected chi connectivity index (χ1v) is 9.89. The number of hydrogen-bond donors (Lipinski definition) is 0. The lowest BCUT2D eigenvalue weighted by Crippen LogP contribution is -2.60. The third kappa shape index (κ3) is 2.85. The molecule has 0 aliphatic carbocycles. The summed E-state index contributed by atoms with van der Waals surface area (Å²) in [5.41, 5.74) is 7.76. The lowest BCUT2D eigenvalue weighted by Gasteiger charge is -2.26. The number of benzene rings is 1. The van der Waals surface area contributed by atoms with Crippen LogP contribution in [0.25, 0.3) is 28.3 Å². The number of furan rings is 1. The van der Waals surface area contributed by atoms with Crippen molar-refractivity contribution in [3.63, 3.8) is 0 Å². The minimum Gasteiger partial charge on any atom is -0.436 e. The zero-order chi connectivity index (χ0) is 20.1. The summed E-state index contributed by atoms with van der Waals surface area (Å²) >= 11 is 0. The van der Waals surface area contributed by atoms with Crippen molar-refractivity contribution in [3.05, 3.63) is 77.7 Å². The number of aryl methyl sites for hydroxylation is 3. The van der Waals surface area contributed by atoms with Crippen LogP contribution >= 0.6 is 0 Å². The summed E-state index contributed by atoms with van der Waals surface area (Å²) in [6.45, 7) is 4.26. The summed E-state index contributed by atoms with van der Waals surface area (Å²) < 4.78 is 8.25. The molecule has 0 fully saturated rings. The Morgan fingerprint density at radius 2 is 1.86 bits per heavy atom. The van der Waals surface area contributed by atoms with Gasteiger partial charge in [-0.25, -0.2) is 9.55 Å². The fourth-order valence-corrected chi connectivity index (χ4v) is 4.32. The quantitative estimate of drug-likeness (QED) is 0.391.